The van der Waals surface area contributed by atoms with Crippen LogP contribution in [-0.2, 0) is 4.79 Å². The Labute approximate surface area is 150 Å². The Balaban J connectivity index is 1.68. The number of likely N-dealkylation sites (tertiary alicyclic amines) is 1. The lowest BCUT2D eigenvalue weighted by Crippen LogP contribution is -2.35. The van der Waals surface area contributed by atoms with Gasteiger partial charge < -0.3 is 14.1 Å². The maximum absolute atomic E-state index is 13.0. The summed E-state index contributed by atoms with van der Waals surface area (Å²) in [6.45, 7) is 1.52. The van der Waals surface area contributed by atoms with E-state index in [-0.39, 0.29) is 5.91 Å². The van der Waals surface area contributed by atoms with Gasteiger partial charge in [-0.2, -0.15) is 0 Å². The van der Waals surface area contributed by atoms with Crippen LogP contribution in [0.2, 0.25) is 0 Å². The lowest BCUT2D eigenvalue weighted by atomic mass is 10.1. The molecule has 0 aliphatic carbocycles. The molecule has 2 heterocycles. The molecule has 1 aliphatic rings. The van der Waals surface area contributed by atoms with Crippen molar-refractivity contribution in [2.75, 3.05) is 13.1 Å². The Morgan fingerprint density at radius 2 is 1.73 bits per heavy atom. The molecule has 0 unspecified atom stereocenters. The maximum atomic E-state index is 13.0. The van der Waals surface area contributed by atoms with Crippen LogP contribution in [0.3, 0.4) is 0 Å². The third kappa shape index (κ3) is 3.33. The van der Waals surface area contributed by atoms with Crippen molar-refractivity contribution < 1.29 is 13.9 Å². The fraction of sp³-hybridized carbons (Fsp3) is 0.238. The molecule has 0 bridgehead atoms. The van der Waals surface area contributed by atoms with Gasteiger partial charge in [0.25, 0.3) is 5.91 Å². The normalized spacial score (nSPS) is 15.2. The summed E-state index contributed by atoms with van der Waals surface area (Å²) in [5, 5.41) is 0.805. The first-order valence-electron chi connectivity index (χ1n) is 8.75. The molecule has 0 saturated carbocycles. The van der Waals surface area contributed by atoms with Crippen molar-refractivity contribution in [1.82, 2.24) is 4.90 Å². The van der Waals surface area contributed by atoms with E-state index in [2.05, 4.69) is 0 Å². The standard InChI is InChI=1S/C21H19NO4/c23-19-11-9-15-8-10-17(14-18(15)26-19)25-20(16-6-2-1-3-7-16)21(24)22-12-4-5-13-22/h1-3,6-11,14,20H,4-5,12-13H2/t20-/m0/s1. The summed E-state index contributed by atoms with van der Waals surface area (Å²) in [5.41, 5.74) is 0.830. The molecular weight excluding hydrogens is 330 g/mol. The van der Waals surface area contributed by atoms with Crippen LogP contribution in [0.1, 0.15) is 24.5 Å². The van der Waals surface area contributed by atoms with Gasteiger partial charge >= 0.3 is 5.63 Å². The molecule has 132 valence electrons. The van der Waals surface area contributed by atoms with Gasteiger partial charge in [-0.25, -0.2) is 4.79 Å². The number of carbonyl (C=O) groups excluding carboxylic acids is 1. The third-order valence-corrected chi connectivity index (χ3v) is 4.59. The fourth-order valence-electron chi connectivity index (χ4n) is 3.24. The highest BCUT2D eigenvalue weighted by molar-refractivity contribution is 5.83. The Hall–Kier alpha value is -3.08. The van der Waals surface area contributed by atoms with Crippen LogP contribution in [0, 0.1) is 0 Å². The van der Waals surface area contributed by atoms with E-state index in [0.29, 0.717) is 11.3 Å². The highest BCUT2D eigenvalue weighted by Gasteiger charge is 2.29. The Bertz CT molecular complexity index is 974. The Morgan fingerprint density at radius 1 is 1.00 bits per heavy atom. The van der Waals surface area contributed by atoms with Gasteiger partial charge in [-0.1, -0.05) is 30.3 Å². The van der Waals surface area contributed by atoms with Gasteiger partial charge in [0.15, 0.2) is 0 Å². The van der Waals surface area contributed by atoms with Gasteiger partial charge in [-0.05, 0) is 31.0 Å². The topological polar surface area (TPSA) is 59.8 Å². The van der Waals surface area contributed by atoms with Crippen molar-refractivity contribution in [2.45, 2.75) is 18.9 Å². The van der Waals surface area contributed by atoms with E-state index in [0.717, 1.165) is 36.9 Å². The quantitative estimate of drug-likeness (QED) is 0.676. The van der Waals surface area contributed by atoms with Crippen LogP contribution >= 0.6 is 0 Å². The first-order valence-corrected chi connectivity index (χ1v) is 8.75. The Kier molecular flexibility index (Phi) is 4.44. The zero-order valence-corrected chi connectivity index (χ0v) is 14.3. The van der Waals surface area contributed by atoms with Gasteiger partial charge in [0.2, 0.25) is 6.10 Å². The molecule has 1 fully saturated rings. The lowest BCUT2D eigenvalue weighted by Gasteiger charge is -2.24. The van der Waals surface area contributed by atoms with Crippen molar-refractivity contribution in [1.29, 1.82) is 0 Å². The monoisotopic (exact) mass is 349 g/mol. The van der Waals surface area contributed by atoms with Gasteiger partial charge in [0.1, 0.15) is 11.3 Å². The molecule has 3 aromatic rings. The number of amides is 1. The zero-order chi connectivity index (χ0) is 17.9. The summed E-state index contributed by atoms with van der Waals surface area (Å²) >= 11 is 0. The summed E-state index contributed by atoms with van der Waals surface area (Å²) in [4.78, 5) is 26.3. The van der Waals surface area contributed by atoms with Gasteiger partial charge in [0, 0.05) is 36.2 Å². The van der Waals surface area contributed by atoms with E-state index in [1.165, 1.54) is 6.07 Å². The van der Waals surface area contributed by atoms with E-state index in [4.69, 9.17) is 9.15 Å². The SMILES string of the molecule is O=C([C@@H](Oc1ccc2ccc(=O)oc2c1)c1ccccc1)N1CCCC1. The summed E-state index contributed by atoms with van der Waals surface area (Å²) < 4.78 is 11.3. The largest absolute Gasteiger partial charge is 0.476 e. The van der Waals surface area contributed by atoms with Crippen molar-refractivity contribution >= 4 is 16.9 Å². The molecule has 1 aliphatic heterocycles. The molecule has 0 radical (unpaired) electrons. The molecule has 5 nitrogen and oxygen atoms in total. The molecule has 1 amide bonds. The second-order valence-electron chi connectivity index (χ2n) is 6.40. The van der Waals surface area contributed by atoms with Crippen molar-refractivity contribution in [3.05, 3.63) is 76.6 Å². The van der Waals surface area contributed by atoms with Crippen molar-refractivity contribution in [2.24, 2.45) is 0 Å². The van der Waals surface area contributed by atoms with E-state index in [1.807, 2.05) is 41.3 Å². The highest BCUT2D eigenvalue weighted by atomic mass is 16.5. The number of nitrogens with zero attached hydrogens (tertiary/aromatic N) is 1. The molecule has 0 N–H and O–H groups in total. The van der Waals surface area contributed by atoms with Crippen LogP contribution in [-0.4, -0.2) is 23.9 Å². The summed E-state index contributed by atoms with van der Waals surface area (Å²) in [6, 6.07) is 17.8. The molecule has 26 heavy (non-hydrogen) atoms. The molecule has 4 rings (SSSR count). The second-order valence-corrected chi connectivity index (χ2v) is 6.40. The molecule has 2 aromatic carbocycles. The van der Waals surface area contributed by atoms with Crippen LogP contribution in [0.5, 0.6) is 5.75 Å². The maximum Gasteiger partial charge on any atom is 0.336 e. The van der Waals surface area contributed by atoms with E-state index in [1.54, 1.807) is 18.2 Å². The molecular formula is C21H19NO4. The number of hydrogen-bond donors (Lipinski definition) is 0. The van der Waals surface area contributed by atoms with Crippen molar-refractivity contribution in [3.63, 3.8) is 0 Å². The minimum atomic E-state index is -0.720. The Morgan fingerprint density at radius 3 is 2.50 bits per heavy atom. The first kappa shape index (κ1) is 16.4. The number of hydrogen-bond acceptors (Lipinski definition) is 4. The summed E-state index contributed by atoms with van der Waals surface area (Å²) in [6.07, 6.45) is 1.32. The predicted molar refractivity (Wildman–Crippen MR) is 98.1 cm³/mol. The van der Waals surface area contributed by atoms with Crippen LogP contribution in [0.25, 0.3) is 11.0 Å². The molecule has 0 spiro atoms. The van der Waals surface area contributed by atoms with Crippen molar-refractivity contribution in [3.8, 4) is 5.75 Å². The number of fused-ring (bicyclic) bond motifs is 1. The van der Waals surface area contributed by atoms with Crippen LogP contribution in [0.15, 0.2) is 69.9 Å². The predicted octanol–water partition coefficient (Wildman–Crippen LogP) is 3.54. The second kappa shape index (κ2) is 7.04. The summed E-state index contributed by atoms with van der Waals surface area (Å²) in [5.74, 6) is 0.455. The fourth-order valence-corrected chi connectivity index (χ4v) is 3.24. The minimum absolute atomic E-state index is 0.0386. The van der Waals surface area contributed by atoms with E-state index < -0.39 is 11.7 Å². The highest BCUT2D eigenvalue weighted by Crippen LogP contribution is 2.27. The molecule has 5 heteroatoms. The van der Waals surface area contributed by atoms with Crippen LogP contribution in [0.4, 0.5) is 0 Å². The number of ether oxygens (including phenoxy) is 1. The molecule has 1 atom stereocenters. The number of benzene rings is 2. The van der Waals surface area contributed by atoms with Gasteiger partial charge in [-0.15, -0.1) is 0 Å². The first-order chi connectivity index (χ1) is 12.7. The third-order valence-electron chi connectivity index (χ3n) is 4.59. The molecule has 1 saturated heterocycles. The average Bonchev–Trinajstić information content (AvgIpc) is 3.21. The number of carbonyl (C=O) groups is 1. The summed E-state index contributed by atoms with van der Waals surface area (Å²) in [7, 11) is 0. The zero-order valence-electron chi connectivity index (χ0n) is 14.3. The van der Waals surface area contributed by atoms with Crippen LogP contribution < -0.4 is 10.4 Å². The minimum Gasteiger partial charge on any atom is -0.476 e. The number of rotatable bonds is 4. The van der Waals surface area contributed by atoms with Gasteiger partial charge in [-0.3, -0.25) is 4.79 Å². The molecule has 1 aromatic heterocycles. The van der Waals surface area contributed by atoms with E-state index in [9.17, 15) is 9.59 Å². The average molecular weight is 349 g/mol. The van der Waals surface area contributed by atoms with E-state index >= 15 is 0 Å². The smallest absolute Gasteiger partial charge is 0.336 e. The lowest BCUT2D eigenvalue weighted by molar-refractivity contribution is -0.137. The van der Waals surface area contributed by atoms with Gasteiger partial charge in [0.05, 0.1) is 0 Å².